The largest absolute Gasteiger partial charge is 0.481 e. The van der Waals surface area contributed by atoms with Gasteiger partial charge in [0.2, 0.25) is 0 Å². The van der Waals surface area contributed by atoms with Crippen molar-refractivity contribution in [3.05, 3.63) is 29.8 Å². The number of unbranched alkanes of at least 4 members (excludes halogenated alkanes) is 4. The Labute approximate surface area is 401 Å². The smallest absolute Gasteiger partial charge is 0.326 e. The number of carboxylic acids is 4. The fourth-order valence-electron chi connectivity index (χ4n) is 7.23. The van der Waals surface area contributed by atoms with E-state index in [1.54, 1.807) is 0 Å². The van der Waals surface area contributed by atoms with Gasteiger partial charge in [-0.25, -0.2) is 14.4 Å². The quantitative estimate of drug-likeness (QED) is 0.0491. The number of carboxylic acid groups (broad SMARTS) is 4. The monoisotopic (exact) mass is 1050 g/mol. The van der Waals surface area contributed by atoms with Gasteiger partial charge in [-0.05, 0) is 81.7 Å². The van der Waals surface area contributed by atoms with Gasteiger partial charge in [0.05, 0.1) is 6.54 Å². The number of carbonyl (C=O) groups excluding carboxylic acids is 2. The van der Waals surface area contributed by atoms with E-state index in [9.17, 15) is 44.1 Å². The van der Waals surface area contributed by atoms with E-state index < -0.39 is 48.4 Å². The van der Waals surface area contributed by atoms with Gasteiger partial charge in [0.1, 0.15) is 17.9 Å². The summed E-state index contributed by atoms with van der Waals surface area (Å²) < 4.78 is 0. The molecule has 0 aromatic heterocycles. The number of benzene rings is 1. The van der Waals surface area contributed by atoms with Crippen LogP contribution in [0.15, 0.2) is 24.3 Å². The Bertz CT molecular complexity index is 1540. The second kappa shape index (κ2) is 32.5. The third-order valence-corrected chi connectivity index (χ3v) is 11.2. The minimum absolute atomic E-state index is 0. The molecule has 1 unspecified atom stereocenters. The number of ketones is 1. The number of hydrogen-bond acceptors (Lipinski definition) is 11. The van der Waals surface area contributed by atoms with Crippen molar-refractivity contribution in [1.82, 2.24) is 35.6 Å². The summed E-state index contributed by atoms with van der Waals surface area (Å²) >= 11 is 5.54. The third-order valence-electron chi connectivity index (χ3n) is 11.0. The number of likely N-dealkylation sites (N-methyl/N-ethyl adjacent to an activating group) is 3. The first-order chi connectivity index (χ1) is 29.1. The molecule has 0 spiro atoms. The van der Waals surface area contributed by atoms with Crippen LogP contribution in [0.4, 0.5) is 10.5 Å². The van der Waals surface area contributed by atoms with Gasteiger partial charge >= 0.3 is 29.9 Å². The molecule has 18 nitrogen and oxygen atoms in total. The zero-order valence-corrected chi connectivity index (χ0v) is 39.0. The minimum Gasteiger partial charge on any atom is -0.481 e. The molecule has 0 bridgehead atoms. The van der Waals surface area contributed by atoms with Gasteiger partial charge in [0.25, 0.3) is 0 Å². The fraction of sp³-hybridized carbons (Fsp3) is 0.690. The SMILES string of the molecule is CCN1CCN(CC(=O)O)CCN(CC)C(Cc2ccc(NC(=S)NCCCCCCCC(=O)CC[C@H](NC(=O)N[C@@H](CCC(=O)O)C(=O)O)C(=O)O)cc2)CN(CC)CC1.[Lu]. The van der Waals surface area contributed by atoms with Gasteiger partial charge in [-0.15, -0.1) is 0 Å². The Morgan fingerprint density at radius 3 is 1.79 bits per heavy atom. The number of Topliss-reactive ketones (excluding diaryl/α,β-unsaturated/α-hetero) is 1. The maximum absolute atomic E-state index is 12.4. The molecule has 1 aliphatic rings. The maximum Gasteiger partial charge on any atom is 0.326 e. The van der Waals surface area contributed by atoms with E-state index in [0.717, 1.165) is 96.7 Å². The second-order valence-corrected chi connectivity index (χ2v) is 15.9. The van der Waals surface area contributed by atoms with Crippen molar-refractivity contribution in [2.45, 2.75) is 110 Å². The molecule has 1 saturated heterocycles. The fourth-order valence-corrected chi connectivity index (χ4v) is 7.45. The van der Waals surface area contributed by atoms with E-state index in [2.05, 4.69) is 73.8 Å². The number of thiocarbonyl (C=S) groups is 1. The molecule has 20 heteroatoms. The van der Waals surface area contributed by atoms with Crippen LogP contribution in [0.5, 0.6) is 0 Å². The van der Waals surface area contributed by atoms with Crippen molar-refractivity contribution in [3.63, 3.8) is 0 Å². The number of hydrogen-bond donors (Lipinski definition) is 8. The molecule has 1 radical (unpaired) electrons. The molecule has 0 saturated carbocycles. The van der Waals surface area contributed by atoms with Crippen molar-refractivity contribution >= 4 is 58.7 Å². The molecule has 62 heavy (non-hydrogen) atoms. The Morgan fingerprint density at radius 2 is 1.23 bits per heavy atom. The number of aliphatic carboxylic acids is 4. The summed E-state index contributed by atoms with van der Waals surface area (Å²) in [4.78, 5) is 79.3. The third kappa shape index (κ3) is 24.6. The van der Waals surface area contributed by atoms with Crippen LogP contribution in [-0.4, -0.2) is 177 Å². The van der Waals surface area contributed by atoms with Crippen LogP contribution < -0.4 is 21.3 Å². The number of amides is 2. The Hall–Kier alpha value is -3.20. The maximum atomic E-state index is 12.4. The van der Waals surface area contributed by atoms with Gasteiger partial charge < -0.3 is 51.5 Å². The number of nitrogens with zero attached hydrogens (tertiary/aromatic N) is 4. The van der Waals surface area contributed by atoms with Crippen LogP contribution in [0, 0.1) is 36.9 Å². The predicted octanol–water partition coefficient (Wildman–Crippen LogP) is 3.01. The van der Waals surface area contributed by atoms with Crippen LogP contribution in [0.25, 0.3) is 0 Å². The van der Waals surface area contributed by atoms with E-state index in [-0.39, 0.29) is 80.9 Å². The molecular formula is C42H70LuN8O10S. The van der Waals surface area contributed by atoms with Crippen LogP contribution in [-0.2, 0) is 30.4 Å². The molecular weight excluding hydrogens is 984 g/mol. The summed E-state index contributed by atoms with van der Waals surface area (Å²) in [7, 11) is 0. The van der Waals surface area contributed by atoms with Gasteiger partial charge in [-0.2, -0.15) is 0 Å². The molecule has 1 aromatic rings. The van der Waals surface area contributed by atoms with E-state index in [0.29, 0.717) is 24.6 Å². The molecule has 1 aliphatic heterocycles. The zero-order valence-electron chi connectivity index (χ0n) is 36.5. The number of urea groups is 1. The normalized spacial score (nSPS) is 16.9. The first-order valence-corrected chi connectivity index (χ1v) is 22.1. The molecule has 8 N–H and O–H groups in total. The van der Waals surface area contributed by atoms with Gasteiger partial charge in [-0.1, -0.05) is 52.2 Å². The molecule has 2 amide bonds. The van der Waals surface area contributed by atoms with Crippen molar-refractivity contribution in [2.24, 2.45) is 0 Å². The first-order valence-electron chi connectivity index (χ1n) is 21.7. The van der Waals surface area contributed by atoms with Crippen molar-refractivity contribution in [3.8, 4) is 0 Å². The number of anilines is 1. The van der Waals surface area contributed by atoms with Crippen molar-refractivity contribution in [1.29, 1.82) is 0 Å². The summed E-state index contributed by atoms with van der Waals surface area (Å²) in [5.41, 5.74) is 2.12. The summed E-state index contributed by atoms with van der Waals surface area (Å²) in [6.07, 6.45) is 4.26. The van der Waals surface area contributed by atoms with Crippen molar-refractivity contribution in [2.75, 3.05) is 83.9 Å². The Kier molecular flexibility index (Phi) is 29.7. The average Bonchev–Trinajstić information content (AvgIpc) is 3.20. The summed E-state index contributed by atoms with van der Waals surface area (Å²) in [6.45, 7) is 16.1. The molecule has 1 heterocycles. The Balaban J connectivity index is 0.0000192. The standard InChI is InChI=1S/C42H70N8O10S.Lu/c1-4-47-22-24-48(5-2)29-33(50(6-3)27-26-49(25-23-47)30-38(54)55)28-31-13-15-32(16-14-31)44-42(61)43-21-11-9-7-8-10-12-34(51)17-18-35(39(56)57)45-41(60)46-36(40(58)59)19-20-37(52)53;/h13-16,33,35-36H,4-12,17-30H2,1-3H3,(H,52,53)(H,54,55)(H,56,57)(H,58,59)(H2,43,44,61)(H2,45,46,60);/t33?,35-,36-;/m0./s1. The van der Waals surface area contributed by atoms with E-state index in [4.69, 9.17) is 17.3 Å². The topological polar surface area (TPSA) is 244 Å². The summed E-state index contributed by atoms with van der Waals surface area (Å²) in [5.74, 6) is -4.99. The molecule has 1 aromatic carbocycles. The molecule has 3 atom stereocenters. The summed E-state index contributed by atoms with van der Waals surface area (Å²) in [5, 5.41) is 48.2. The number of carbonyl (C=O) groups is 6. The zero-order chi connectivity index (χ0) is 45.2. The van der Waals surface area contributed by atoms with E-state index in [1.807, 2.05) is 12.1 Å². The average molecular weight is 1050 g/mol. The van der Waals surface area contributed by atoms with Gasteiger partial charge in [0, 0.05) is 120 Å². The Morgan fingerprint density at radius 1 is 0.677 bits per heavy atom. The summed E-state index contributed by atoms with van der Waals surface area (Å²) in [6, 6.07) is 4.65. The minimum atomic E-state index is -1.50. The van der Waals surface area contributed by atoms with Crippen LogP contribution in [0.3, 0.4) is 0 Å². The van der Waals surface area contributed by atoms with Crippen LogP contribution in [0.2, 0.25) is 0 Å². The number of rotatable bonds is 26. The van der Waals surface area contributed by atoms with Crippen molar-refractivity contribution < 1.29 is 86.1 Å². The molecule has 0 aliphatic carbocycles. The predicted molar refractivity (Wildman–Crippen MR) is 237 cm³/mol. The second-order valence-electron chi connectivity index (χ2n) is 15.5. The molecule has 359 valence electrons. The first kappa shape index (κ1) is 56.8. The van der Waals surface area contributed by atoms with Gasteiger partial charge in [0.15, 0.2) is 5.11 Å². The van der Waals surface area contributed by atoms with Crippen LogP contribution in [0.1, 0.15) is 90.5 Å². The molecule has 1 fully saturated rings. The van der Waals surface area contributed by atoms with E-state index in [1.165, 1.54) is 5.56 Å². The van der Waals surface area contributed by atoms with Crippen LogP contribution >= 0.6 is 12.2 Å². The molecule has 2 rings (SSSR count). The number of nitrogens with one attached hydrogen (secondary N) is 4. The van der Waals surface area contributed by atoms with Gasteiger partial charge in [-0.3, -0.25) is 24.2 Å². The van der Waals surface area contributed by atoms with E-state index >= 15 is 0 Å².